The van der Waals surface area contributed by atoms with Crippen molar-refractivity contribution in [2.45, 2.75) is 13.0 Å². The van der Waals surface area contributed by atoms with Crippen LogP contribution in [0.2, 0.25) is 0 Å². The summed E-state index contributed by atoms with van der Waals surface area (Å²) < 4.78 is 47.4. The maximum atomic E-state index is 14.8. The minimum Gasteiger partial charge on any atom is -0.442 e. The molecule has 0 aromatic heterocycles. The normalized spacial score (nSPS) is 20.7. The molecule has 3 rings (SSSR count). The largest absolute Gasteiger partial charge is 0.442 e. The van der Waals surface area contributed by atoms with Crippen molar-refractivity contribution in [3.05, 3.63) is 24.0 Å². The second-order valence-electron chi connectivity index (χ2n) is 6.78. The molecule has 1 amide bonds. The predicted molar refractivity (Wildman–Crippen MR) is 112 cm³/mol. The van der Waals surface area contributed by atoms with Gasteiger partial charge in [-0.3, -0.25) is 4.90 Å². The van der Waals surface area contributed by atoms with Crippen LogP contribution in [0.4, 0.5) is 20.6 Å². The SMILES string of the molecule is CNS(=O)(=O)N1CCN(c2ccc(N3C[C@H](CNC(C)=S)OC3=O)cc2F)CC1. The monoisotopic (exact) mass is 445 g/mol. The highest BCUT2D eigenvalue weighted by Gasteiger charge is 2.33. The van der Waals surface area contributed by atoms with Crippen LogP contribution in [0.15, 0.2) is 18.2 Å². The third kappa shape index (κ3) is 4.94. The second-order valence-corrected chi connectivity index (χ2v) is 9.27. The summed E-state index contributed by atoms with van der Waals surface area (Å²) in [7, 11) is -2.12. The van der Waals surface area contributed by atoms with Crippen molar-refractivity contribution in [2.75, 3.05) is 56.1 Å². The quantitative estimate of drug-likeness (QED) is 0.622. The second kappa shape index (κ2) is 8.78. The van der Waals surface area contributed by atoms with Gasteiger partial charge in [-0.05, 0) is 25.1 Å². The number of nitrogens with zero attached hydrogens (tertiary/aromatic N) is 3. The molecule has 0 unspecified atom stereocenters. The third-order valence-electron chi connectivity index (χ3n) is 4.87. The van der Waals surface area contributed by atoms with Gasteiger partial charge in [0.15, 0.2) is 0 Å². The molecule has 0 bridgehead atoms. The Balaban J connectivity index is 1.65. The molecule has 0 radical (unpaired) electrons. The van der Waals surface area contributed by atoms with Crippen molar-refractivity contribution >= 4 is 44.9 Å². The lowest BCUT2D eigenvalue weighted by molar-refractivity contribution is 0.143. The first-order chi connectivity index (χ1) is 13.7. The first kappa shape index (κ1) is 21.7. The van der Waals surface area contributed by atoms with E-state index in [1.54, 1.807) is 24.0 Å². The lowest BCUT2D eigenvalue weighted by Crippen LogP contribution is -2.51. The molecule has 2 aliphatic heterocycles. The van der Waals surface area contributed by atoms with Gasteiger partial charge in [0.25, 0.3) is 10.2 Å². The molecule has 2 N–H and O–H groups in total. The average molecular weight is 446 g/mol. The molecular weight excluding hydrogens is 421 g/mol. The summed E-state index contributed by atoms with van der Waals surface area (Å²) in [6.07, 6.45) is -0.901. The van der Waals surface area contributed by atoms with Crippen LogP contribution in [-0.4, -0.2) is 76.2 Å². The number of benzene rings is 1. The summed E-state index contributed by atoms with van der Waals surface area (Å²) in [4.78, 5) is 15.9. The van der Waals surface area contributed by atoms with E-state index >= 15 is 0 Å². The molecule has 2 saturated heterocycles. The Morgan fingerprint density at radius 2 is 2.00 bits per heavy atom. The lowest BCUT2D eigenvalue weighted by Gasteiger charge is -2.35. The van der Waals surface area contributed by atoms with Gasteiger partial charge in [-0.25, -0.2) is 13.9 Å². The Bertz CT molecular complexity index is 890. The predicted octanol–water partition coefficient (Wildman–Crippen LogP) is 0.674. The van der Waals surface area contributed by atoms with Crippen molar-refractivity contribution in [1.82, 2.24) is 14.3 Å². The summed E-state index contributed by atoms with van der Waals surface area (Å²) in [5.74, 6) is -0.475. The molecule has 2 aliphatic rings. The molecule has 160 valence electrons. The number of nitrogens with one attached hydrogen (secondary N) is 2. The van der Waals surface area contributed by atoms with E-state index in [0.717, 1.165) is 0 Å². The van der Waals surface area contributed by atoms with Gasteiger partial charge < -0.3 is 15.0 Å². The molecule has 0 saturated carbocycles. The van der Waals surface area contributed by atoms with Crippen molar-refractivity contribution in [2.24, 2.45) is 0 Å². The van der Waals surface area contributed by atoms with Crippen LogP contribution >= 0.6 is 12.2 Å². The number of ether oxygens (including phenoxy) is 1. The van der Waals surface area contributed by atoms with E-state index in [1.165, 1.54) is 22.3 Å². The molecule has 1 aromatic carbocycles. The highest BCUT2D eigenvalue weighted by atomic mass is 32.2. The van der Waals surface area contributed by atoms with Crippen LogP contribution in [0.5, 0.6) is 0 Å². The maximum absolute atomic E-state index is 14.8. The number of rotatable bonds is 6. The van der Waals surface area contributed by atoms with Crippen LogP contribution in [0.1, 0.15) is 6.92 Å². The minimum absolute atomic E-state index is 0.261. The van der Waals surface area contributed by atoms with E-state index in [-0.39, 0.29) is 19.2 Å². The molecule has 2 heterocycles. The van der Waals surface area contributed by atoms with Crippen LogP contribution in [0.3, 0.4) is 0 Å². The first-order valence-electron chi connectivity index (χ1n) is 9.17. The summed E-state index contributed by atoms with van der Waals surface area (Å²) in [6.45, 7) is 3.70. The molecule has 9 nitrogen and oxygen atoms in total. The lowest BCUT2D eigenvalue weighted by atomic mass is 10.2. The van der Waals surface area contributed by atoms with E-state index in [4.69, 9.17) is 17.0 Å². The summed E-state index contributed by atoms with van der Waals surface area (Å²) >= 11 is 4.95. The molecule has 2 fully saturated rings. The number of hydrogen-bond donors (Lipinski definition) is 2. The molecular formula is C17H24FN5O4S2. The molecule has 1 aromatic rings. The fourth-order valence-electron chi connectivity index (χ4n) is 3.31. The van der Waals surface area contributed by atoms with Crippen LogP contribution < -0.4 is 19.8 Å². The molecule has 0 spiro atoms. The van der Waals surface area contributed by atoms with Gasteiger partial charge in [-0.15, -0.1) is 0 Å². The van der Waals surface area contributed by atoms with Crippen molar-refractivity contribution in [1.29, 1.82) is 0 Å². The summed E-state index contributed by atoms with van der Waals surface area (Å²) in [5, 5.41) is 2.96. The number of thiocarbonyl (C=S) groups is 1. The Morgan fingerprint density at radius 3 is 2.59 bits per heavy atom. The Morgan fingerprint density at radius 1 is 1.31 bits per heavy atom. The number of piperazine rings is 1. The number of carbonyl (C=O) groups excluding carboxylic acids is 1. The first-order valence-corrected chi connectivity index (χ1v) is 11.0. The van der Waals surface area contributed by atoms with Crippen molar-refractivity contribution < 1.29 is 22.3 Å². The molecule has 0 aliphatic carbocycles. The number of halogens is 1. The Hall–Kier alpha value is -2.02. The van der Waals surface area contributed by atoms with Crippen molar-refractivity contribution in [3.63, 3.8) is 0 Å². The number of amides is 1. The van der Waals surface area contributed by atoms with Gasteiger partial charge in [-0.2, -0.15) is 12.7 Å². The maximum Gasteiger partial charge on any atom is 0.414 e. The topological polar surface area (TPSA) is 94.2 Å². The van der Waals surface area contributed by atoms with E-state index in [2.05, 4.69) is 10.0 Å². The smallest absolute Gasteiger partial charge is 0.414 e. The van der Waals surface area contributed by atoms with E-state index in [9.17, 15) is 17.6 Å². The van der Waals surface area contributed by atoms with Gasteiger partial charge >= 0.3 is 6.09 Å². The Kier molecular flexibility index (Phi) is 6.56. The van der Waals surface area contributed by atoms with Gasteiger partial charge in [0.2, 0.25) is 0 Å². The molecule has 12 heteroatoms. The van der Waals surface area contributed by atoms with Crippen LogP contribution in [0, 0.1) is 5.82 Å². The fraction of sp³-hybridized carbons (Fsp3) is 0.529. The van der Waals surface area contributed by atoms with E-state index < -0.39 is 22.1 Å². The van der Waals surface area contributed by atoms with E-state index in [0.29, 0.717) is 42.5 Å². The van der Waals surface area contributed by atoms with Gasteiger partial charge in [0.05, 0.1) is 29.5 Å². The fourth-order valence-corrected chi connectivity index (χ4v) is 4.30. The zero-order valence-corrected chi connectivity index (χ0v) is 17.9. The number of cyclic esters (lactones) is 1. The van der Waals surface area contributed by atoms with Crippen LogP contribution in [-0.2, 0) is 14.9 Å². The number of anilines is 2. The highest BCUT2D eigenvalue weighted by Crippen LogP contribution is 2.28. The van der Waals surface area contributed by atoms with Crippen molar-refractivity contribution in [3.8, 4) is 0 Å². The van der Waals surface area contributed by atoms with Gasteiger partial charge in [0.1, 0.15) is 11.9 Å². The van der Waals surface area contributed by atoms with E-state index in [1.807, 2.05) is 0 Å². The third-order valence-corrected chi connectivity index (χ3v) is 6.58. The van der Waals surface area contributed by atoms with Crippen LogP contribution in [0.25, 0.3) is 0 Å². The number of carbonyl (C=O) groups is 1. The zero-order chi connectivity index (χ0) is 21.2. The minimum atomic E-state index is -3.48. The standard InChI is InChI=1S/C17H24FN5O4S2/c1-12(28)20-10-14-11-23(17(24)27-14)13-3-4-16(15(18)9-13)21-5-7-22(8-6-21)29(25,26)19-2/h3-4,9,14,19H,5-8,10-11H2,1-2H3,(H,20,28)/t14-/m0/s1. The summed E-state index contributed by atoms with van der Waals surface area (Å²) in [6, 6.07) is 4.57. The van der Waals surface area contributed by atoms with Gasteiger partial charge in [-0.1, -0.05) is 12.2 Å². The molecule has 1 atom stereocenters. The Labute approximate surface area is 175 Å². The zero-order valence-electron chi connectivity index (χ0n) is 16.2. The summed E-state index contributed by atoms with van der Waals surface area (Å²) in [5.41, 5.74) is 0.784. The molecule has 29 heavy (non-hydrogen) atoms. The number of hydrogen-bond acceptors (Lipinski definition) is 6. The average Bonchev–Trinajstić information content (AvgIpc) is 3.07. The van der Waals surface area contributed by atoms with Gasteiger partial charge in [0, 0.05) is 33.2 Å². The highest BCUT2D eigenvalue weighted by molar-refractivity contribution is 7.87.